The van der Waals surface area contributed by atoms with Gasteiger partial charge >= 0.3 is 0 Å². The van der Waals surface area contributed by atoms with E-state index in [4.69, 9.17) is 4.74 Å². The first kappa shape index (κ1) is 27.3. The number of hydrogen-bond acceptors (Lipinski definition) is 3. The number of carbonyl (C=O) groups is 2. The molecule has 3 heterocycles. The highest BCUT2D eigenvalue weighted by molar-refractivity contribution is 5.89. The van der Waals surface area contributed by atoms with Crippen LogP contribution >= 0.6 is 0 Å². The van der Waals surface area contributed by atoms with E-state index in [-0.39, 0.29) is 17.9 Å². The lowest BCUT2D eigenvalue weighted by molar-refractivity contribution is -0.141. The maximum absolute atomic E-state index is 13.9. The van der Waals surface area contributed by atoms with E-state index < -0.39 is 5.41 Å². The Hall–Kier alpha value is -3.28. The Kier molecular flexibility index (Phi) is 8.29. The van der Waals surface area contributed by atoms with E-state index in [1.54, 1.807) is 0 Å². The summed E-state index contributed by atoms with van der Waals surface area (Å²) in [6, 6.07) is 16.5. The highest BCUT2D eigenvalue weighted by Crippen LogP contribution is 2.38. The Balaban J connectivity index is 1.28. The minimum Gasteiger partial charge on any atom is -0.491 e. The number of benzene rings is 2. The van der Waals surface area contributed by atoms with Gasteiger partial charge in [0.25, 0.3) is 0 Å². The molecule has 0 aliphatic carbocycles. The molecule has 0 unspecified atom stereocenters. The zero-order valence-electron chi connectivity index (χ0n) is 23.7. The standard InChI is InChI=1S/C33H43N3O3/c1-24(2)20-27-23-39-30-14-7-4-10-25(30)11-8-9-15-33(32(38)34-27)16-18-36(19-17-33)31(37)21-26-22-35(3)29-13-6-5-12-28(26)29/h4-7,10,12-14,22,24,27H,8-9,11,15-21,23H2,1-3H3,(H,34,38)/t27-/m0/s1. The third-order valence-corrected chi connectivity index (χ3v) is 8.73. The molecule has 1 N–H and O–H groups in total. The Labute approximate surface area is 232 Å². The third kappa shape index (κ3) is 6.15. The Morgan fingerprint density at radius 3 is 2.59 bits per heavy atom. The van der Waals surface area contributed by atoms with Crippen LogP contribution in [0.25, 0.3) is 10.9 Å². The molecule has 208 valence electrons. The van der Waals surface area contributed by atoms with Crippen LogP contribution in [0.5, 0.6) is 5.75 Å². The van der Waals surface area contributed by atoms with Gasteiger partial charge < -0.3 is 19.5 Å². The van der Waals surface area contributed by atoms with E-state index in [9.17, 15) is 9.59 Å². The molecule has 1 saturated heterocycles. The summed E-state index contributed by atoms with van der Waals surface area (Å²) in [7, 11) is 2.03. The number of fused-ring (bicyclic) bond motifs is 2. The lowest BCUT2D eigenvalue weighted by Crippen LogP contribution is -2.53. The van der Waals surface area contributed by atoms with E-state index in [0.29, 0.717) is 44.9 Å². The number of piperidine rings is 1. The molecule has 5 rings (SSSR count). The van der Waals surface area contributed by atoms with E-state index in [2.05, 4.69) is 54.2 Å². The highest BCUT2D eigenvalue weighted by Gasteiger charge is 2.42. The summed E-state index contributed by atoms with van der Waals surface area (Å²) >= 11 is 0. The van der Waals surface area contributed by atoms with Gasteiger partial charge in [-0.15, -0.1) is 0 Å². The smallest absolute Gasteiger partial charge is 0.227 e. The molecule has 1 aromatic heterocycles. The summed E-state index contributed by atoms with van der Waals surface area (Å²) in [6.45, 7) is 6.11. The number of carbonyl (C=O) groups excluding carboxylic acids is 2. The number of rotatable bonds is 4. The van der Waals surface area contributed by atoms with Crippen molar-refractivity contribution < 1.29 is 14.3 Å². The number of amides is 2. The minimum atomic E-state index is -0.426. The zero-order chi connectivity index (χ0) is 27.4. The lowest BCUT2D eigenvalue weighted by Gasteiger charge is -2.42. The van der Waals surface area contributed by atoms with Crippen molar-refractivity contribution >= 4 is 22.7 Å². The first-order chi connectivity index (χ1) is 18.8. The summed E-state index contributed by atoms with van der Waals surface area (Å²) in [4.78, 5) is 29.2. The van der Waals surface area contributed by atoms with Gasteiger partial charge in [0.1, 0.15) is 12.4 Å². The molecule has 39 heavy (non-hydrogen) atoms. The number of hydrogen-bond donors (Lipinski definition) is 1. The van der Waals surface area contributed by atoms with E-state index in [1.165, 1.54) is 5.56 Å². The molecule has 2 aliphatic heterocycles. The van der Waals surface area contributed by atoms with E-state index >= 15 is 0 Å². The van der Waals surface area contributed by atoms with Crippen LogP contribution in [-0.4, -0.2) is 47.0 Å². The first-order valence-electron chi connectivity index (χ1n) is 14.7. The number of aryl methyl sites for hydroxylation is 2. The quantitative estimate of drug-likeness (QED) is 0.474. The van der Waals surface area contributed by atoms with Gasteiger partial charge in [-0.2, -0.15) is 0 Å². The number of likely N-dealkylation sites (tertiary alicyclic amines) is 1. The fourth-order valence-corrected chi connectivity index (χ4v) is 6.51. The van der Waals surface area contributed by atoms with Gasteiger partial charge in [0.05, 0.1) is 17.9 Å². The predicted molar refractivity (Wildman–Crippen MR) is 156 cm³/mol. The van der Waals surface area contributed by atoms with Crippen LogP contribution in [0, 0.1) is 11.3 Å². The topological polar surface area (TPSA) is 63.6 Å². The second kappa shape index (κ2) is 11.8. The van der Waals surface area contributed by atoms with Crippen molar-refractivity contribution in [3.8, 4) is 5.75 Å². The molecule has 1 spiro atoms. The number of aromatic nitrogens is 1. The van der Waals surface area contributed by atoms with Crippen molar-refractivity contribution in [1.82, 2.24) is 14.8 Å². The van der Waals surface area contributed by atoms with Gasteiger partial charge in [-0.25, -0.2) is 0 Å². The van der Waals surface area contributed by atoms with Crippen LogP contribution in [0.3, 0.4) is 0 Å². The molecule has 2 aliphatic rings. The Morgan fingerprint density at radius 2 is 1.79 bits per heavy atom. The maximum Gasteiger partial charge on any atom is 0.227 e. The highest BCUT2D eigenvalue weighted by atomic mass is 16.5. The van der Waals surface area contributed by atoms with Crippen LogP contribution in [0.4, 0.5) is 0 Å². The molecule has 6 heteroatoms. The second-order valence-electron chi connectivity index (χ2n) is 12.0. The summed E-state index contributed by atoms with van der Waals surface area (Å²) in [5.41, 5.74) is 3.03. The molecule has 2 aromatic carbocycles. The molecule has 1 atom stereocenters. The minimum absolute atomic E-state index is 0.0344. The van der Waals surface area contributed by atoms with Crippen molar-refractivity contribution in [2.75, 3.05) is 19.7 Å². The average Bonchev–Trinajstić information content (AvgIpc) is 3.24. The molecule has 2 amide bonds. The molecule has 1 fully saturated rings. The molecule has 6 nitrogen and oxygen atoms in total. The monoisotopic (exact) mass is 529 g/mol. The van der Waals surface area contributed by atoms with Crippen molar-refractivity contribution in [2.45, 2.75) is 71.3 Å². The largest absolute Gasteiger partial charge is 0.491 e. The van der Waals surface area contributed by atoms with Gasteiger partial charge in [-0.3, -0.25) is 9.59 Å². The molecule has 0 saturated carbocycles. The van der Waals surface area contributed by atoms with Gasteiger partial charge in [0.2, 0.25) is 11.8 Å². The first-order valence-corrected chi connectivity index (χ1v) is 14.7. The third-order valence-electron chi connectivity index (χ3n) is 8.73. The zero-order valence-corrected chi connectivity index (χ0v) is 23.7. The van der Waals surface area contributed by atoms with Crippen LogP contribution in [0.15, 0.2) is 54.7 Å². The average molecular weight is 530 g/mol. The molecular formula is C33H43N3O3. The fraction of sp³-hybridized carbons (Fsp3) is 0.515. The van der Waals surface area contributed by atoms with Gasteiger partial charge in [0, 0.05) is 37.2 Å². The fourth-order valence-electron chi connectivity index (χ4n) is 6.51. The molecule has 0 bridgehead atoms. The summed E-state index contributed by atoms with van der Waals surface area (Å²) in [6.07, 6.45) is 8.60. The SMILES string of the molecule is CC(C)C[C@H]1COc2ccccc2CCCCC2(CCN(C(=O)Cc3cn(C)c4ccccc34)CC2)C(=O)N1. The van der Waals surface area contributed by atoms with Crippen molar-refractivity contribution in [3.63, 3.8) is 0 Å². The Morgan fingerprint density at radius 1 is 1.05 bits per heavy atom. The maximum atomic E-state index is 13.9. The van der Waals surface area contributed by atoms with Crippen molar-refractivity contribution in [3.05, 3.63) is 65.9 Å². The van der Waals surface area contributed by atoms with Crippen molar-refractivity contribution in [1.29, 1.82) is 0 Å². The van der Waals surface area contributed by atoms with E-state index in [0.717, 1.165) is 54.3 Å². The lowest BCUT2D eigenvalue weighted by atomic mass is 9.73. The summed E-state index contributed by atoms with van der Waals surface area (Å²) in [5.74, 6) is 1.68. The number of nitrogens with one attached hydrogen (secondary N) is 1. The number of nitrogens with zero attached hydrogens (tertiary/aromatic N) is 2. The molecular weight excluding hydrogens is 486 g/mol. The van der Waals surface area contributed by atoms with Crippen LogP contribution < -0.4 is 10.1 Å². The van der Waals surface area contributed by atoms with Gasteiger partial charge in [-0.05, 0) is 67.7 Å². The number of ether oxygens (including phenoxy) is 1. The Bertz CT molecular complexity index is 1300. The van der Waals surface area contributed by atoms with Crippen LogP contribution in [0.1, 0.15) is 63.5 Å². The van der Waals surface area contributed by atoms with Gasteiger partial charge in [0.15, 0.2) is 0 Å². The van der Waals surface area contributed by atoms with E-state index in [1.807, 2.05) is 36.2 Å². The second-order valence-corrected chi connectivity index (χ2v) is 12.0. The molecule has 3 aromatic rings. The van der Waals surface area contributed by atoms with Crippen LogP contribution in [-0.2, 0) is 29.5 Å². The molecule has 0 radical (unpaired) electrons. The number of para-hydroxylation sites is 2. The van der Waals surface area contributed by atoms with Crippen LogP contribution in [0.2, 0.25) is 0 Å². The predicted octanol–water partition coefficient (Wildman–Crippen LogP) is 5.67. The summed E-state index contributed by atoms with van der Waals surface area (Å²) in [5, 5.41) is 4.53. The summed E-state index contributed by atoms with van der Waals surface area (Å²) < 4.78 is 8.36. The normalized spacial score (nSPS) is 20.2. The van der Waals surface area contributed by atoms with Crippen molar-refractivity contribution in [2.24, 2.45) is 18.4 Å². The van der Waals surface area contributed by atoms with Gasteiger partial charge in [-0.1, -0.05) is 56.7 Å².